The van der Waals surface area contributed by atoms with Gasteiger partial charge in [-0.3, -0.25) is 4.79 Å². The molecule has 2 rings (SSSR count). The number of hydrogen-bond acceptors (Lipinski definition) is 5. The van der Waals surface area contributed by atoms with E-state index in [2.05, 4.69) is 10.1 Å². The van der Waals surface area contributed by atoms with Crippen molar-refractivity contribution in [2.45, 2.75) is 31.9 Å². The highest BCUT2D eigenvalue weighted by Crippen LogP contribution is 2.21. The summed E-state index contributed by atoms with van der Waals surface area (Å²) < 4.78 is 1.42. The lowest BCUT2D eigenvalue weighted by molar-refractivity contribution is -0.135. The lowest BCUT2D eigenvalue weighted by atomic mass is 9.94. The summed E-state index contributed by atoms with van der Waals surface area (Å²) in [6, 6.07) is 0. The molecule has 1 saturated heterocycles. The van der Waals surface area contributed by atoms with Crippen molar-refractivity contribution < 1.29 is 9.90 Å². The van der Waals surface area contributed by atoms with Crippen LogP contribution >= 0.6 is 0 Å². The average molecular weight is 239 g/mol. The molecule has 0 bridgehead atoms. The predicted octanol–water partition coefficient (Wildman–Crippen LogP) is -0.766. The molecule has 0 aromatic carbocycles. The Hall–Kier alpha value is -1.63. The molecule has 94 valence electrons. The highest BCUT2D eigenvalue weighted by molar-refractivity contribution is 5.76. The Balaban J connectivity index is 1.89. The lowest BCUT2D eigenvalue weighted by Crippen LogP contribution is -2.46. The number of carbonyl (C=O) groups is 1. The van der Waals surface area contributed by atoms with Crippen molar-refractivity contribution in [2.75, 3.05) is 18.8 Å². The molecule has 7 nitrogen and oxygen atoms in total. The molecule has 1 aliphatic rings. The van der Waals surface area contributed by atoms with Gasteiger partial charge in [-0.1, -0.05) is 0 Å². The molecule has 1 aliphatic heterocycles. The zero-order valence-electron chi connectivity index (χ0n) is 9.83. The Labute approximate surface area is 99.2 Å². The molecule has 1 aromatic rings. The number of amides is 1. The van der Waals surface area contributed by atoms with E-state index in [0.717, 1.165) is 0 Å². The summed E-state index contributed by atoms with van der Waals surface area (Å²) in [4.78, 5) is 17.4. The summed E-state index contributed by atoms with van der Waals surface area (Å²) in [5.41, 5.74) is 4.72. The van der Waals surface area contributed by atoms with Gasteiger partial charge in [-0.05, 0) is 19.8 Å². The van der Waals surface area contributed by atoms with Crippen LogP contribution in [0, 0.1) is 0 Å². The molecule has 0 atom stereocenters. The second-order valence-electron chi connectivity index (χ2n) is 4.68. The van der Waals surface area contributed by atoms with Crippen LogP contribution in [0.5, 0.6) is 0 Å². The first-order chi connectivity index (χ1) is 7.96. The topological polar surface area (TPSA) is 97.3 Å². The molecule has 0 saturated carbocycles. The second-order valence-corrected chi connectivity index (χ2v) is 4.68. The van der Waals surface area contributed by atoms with Crippen molar-refractivity contribution in [3.8, 4) is 0 Å². The van der Waals surface area contributed by atoms with Crippen LogP contribution in [0.4, 0.5) is 5.95 Å². The number of hydrogen-bond donors (Lipinski definition) is 2. The molecule has 17 heavy (non-hydrogen) atoms. The Morgan fingerprint density at radius 1 is 1.59 bits per heavy atom. The van der Waals surface area contributed by atoms with Crippen LogP contribution < -0.4 is 5.73 Å². The fourth-order valence-corrected chi connectivity index (χ4v) is 1.86. The van der Waals surface area contributed by atoms with Gasteiger partial charge in [0.05, 0.1) is 5.60 Å². The minimum absolute atomic E-state index is 0.0228. The van der Waals surface area contributed by atoms with Crippen molar-refractivity contribution >= 4 is 11.9 Å². The number of nitrogen functional groups attached to an aromatic ring is 1. The van der Waals surface area contributed by atoms with E-state index in [1.807, 2.05) is 0 Å². The maximum Gasteiger partial charge on any atom is 0.244 e. The highest BCUT2D eigenvalue weighted by Gasteiger charge is 2.29. The number of piperidine rings is 1. The van der Waals surface area contributed by atoms with E-state index in [-0.39, 0.29) is 18.4 Å². The van der Waals surface area contributed by atoms with E-state index in [0.29, 0.717) is 25.9 Å². The van der Waals surface area contributed by atoms with Gasteiger partial charge in [-0.15, -0.1) is 5.10 Å². The van der Waals surface area contributed by atoms with Gasteiger partial charge in [-0.2, -0.15) is 0 Å². The Bertz CT molecular complexity index is 405. The molecular formula is C10H17N5O2. The van der Waals surface area contributed by atoms with Crippen LogP contribution in [0.15, 0.2) is 6.33 Å². The van der Waals surface area contributed by atoms with E-state index < -0.39 is 5.60 Å². The summed E-state index contributed by atoms with van der Waals surface area (Å²) in [7, 11) is 0. The molecule has 2 heterocycles. The summed E-state index contributed by atoms with van der Waals surface area (Å²) in [6.07, 6.45) is 2.66. The van der Waals surface area contributed by atoms with E-state index in [1.54, 1.807) is 11.8 Å². The molecule has 7 heteroatoms. The van der Waals surface area contributed by atoms with Gasteiger partial charge in [0.25, 0.3) is 0 Å². The third-order valence-corrected chi connectivity index (χ3v) is 3.04. The third-order valence-electron chi connectivity index (χ3n) is 3.04. The van der Waals surface area contributed by atoms with Gasteiger partial charge in [-0.25, -0.2) is 9.67 Å². The number of nitrogens with zero attached hydrogens (tertiary/aromatic N) is 4. The Kier molecular flexibility index (Phi) is 3.01. The first kappa shape index (κ1) is 11.8. The molecule has 0 radical (unpaired) electrons. The second kappa shape index (κ2) is 4.33. The Morgan fingerprint density at radius 3 is 2.76 bits per heavy atom. The summed E-state index contributed by atoms with van der Waals surface area (Å²) in [6.45, 7) is 3.10. The van der Waals surface area contributed by atoms with Gasteiger partial charge in [0, 0.05) is 13.1 Å². The number of rotatable bonds is 2. The number of aliphatic hydroxyl groups is 1. The maximum absolute atomic E-state index is 11.9. The van der Waals surface area contributed by atoms with Crippen molar-refractivity contribution in [3.05, 3.63) is 6.33 Å². The largest absolute Gasteiger partial charge is 0.390 e. The molecule has 0 aliphatic carbocycles. The SMILES string of the molecule is CC1(O)CCN(C(=O)Cn2cnc(N)n2)CC1. The summed E-state index contributed by atoms with van der Waals surface area (Å²) in [5.74, 6) is 0.143. The van der Waals surface area contributed by atoms with Crippen LogP contribution in [-0.2, 0) is 11.3 Å². The van der Waals surface area contributed by atoms with Crippen LogP contribution in [0.3, 0.4) is 0 Å². The summed E-state index contributed by atoms with van der Waals surface area (Å²) >= 11 is 0. The molecular weight excluding hydrogens is 222 g/mol. The molecule has 0 spiro atoms. The highest BCUT2D eigenvalue weighted by atomic mass is 16.3. The van der Waals surface area contributed by atoms with Crippen molar-refractivity contribution in [1.29, 1.82) is 0 Å². The van der Waals surface area contributed by atoms with Gasteiger partial charge >= 0.3 is 0 Å². The Morgan fingerprint density at radius 2 is 2.24 bits per heavy atom. The molecule has 1 fully saturated rings. The fourth-order valence-electron chi connectivity index (χ4n) is 1.86. The number of nitrogens with two attached hydrogens (primary N) is 1. The quantitative estimate of drug-likeness (QED) is 0.706. The molecule has 1 aromatic heterocycles. The number of anilines is 1. The average Bonchev–Trinajstić information content (AvgIpc) is 2.63. The van der Waals surface area contributed by atoms with E-state index >= 15 is 0 Å². The van der Waals surface area contributed by atoms with Crippen LogP contribution in [0.25, 0.3) is 0 Å². The molecule has 1 amide bonds. The van der Waals surface area contributed by atoms with Gasteiger partial charge in [0.15, 0.2) is 0 Å². The third kappa shape index (κ3) is 2.94. The lowest BCUT2D eigenvalue weighted by Gasteiger charge is -2.35. The smallest absolute Gasteiger partial charge is 0.244 e. The minimum Gasteiger partial charge on any atom is -0.390 e. The zero-order chi connectivity index (χ0) is 12.5. The first-order valence-corrected chi connectivity index (χ1v) is 5.61. The number of carbonyl (C=O) groups excluding carboxylic acids is 1. The minimum atomic E-state index is -0.644. The van der Waals surface area contributed by atoms with Gasteiger partial charge < -0.3 is 15.7 Å². The van der Waals surface area contributed by atoms with Crippen molar-refractivity contribution in [1.82, 2.24) is 19.7 Å². The van der Waals surface area contributed by atoms with E-state index in [9.17, 15) is 9.90 Å². The zero-order valence-corrected chi connectivity index (χ0v) is 9.83. The van der Waals surface area contributed by atoms with E-state index in [4.69, 9.17) is 5.73 Å². The van der Waals surface area contributed by atoms with Gasteiger partial charge in [0.1, 0.15) is 12.9 Å². The van der Waals surface area contributed by atoms with Crippen LogP contribution in [-0.4, -0.2) is 49.4 Å². The molecule has 0 unspecified atom stereocenters. The maximum atomic E-state index is 11.9. The summed E-state index contributed by atoms with van der Waals surface area (Å²) in [5, 5.41) is 13.6. The van der Waals surface area contributed by atoms with Crippen LogP contribution in [0.2, 0.25) is 0 Å². The van der Waals surface area contributed by atoms with Crippen molar-refractivity contribution in [3.63, 3.8) is 0 Å². The van der Waals surface area contributed by atoms with Crippen molar-refractivity contribution in [2.24, 2.45) is 0 Å². The number of likely N-dealkylation sites (tertiary alicyclic amines) is 1. The normalized spacial score (nSPS) is 19.3. The molecule has 3 N–H and O–H groups in total. The van der Waals surface area contributed by atoms with Gasteiger partial charge in [0.2, 0.25) is 11.9 Å². The predicted molar refractivity (Wildman–Crippen MR) is 60.9 cm³/mol. The fraction of sp³-hybridized carbons (Fsp3) is 0.700. The van der Waals surface area contributed by atoms with E-state index in [1.165, 1.54) is 11.0 Å². The van der Waals surface area contributed by atoms with Crippen LogP contribution in [0.1, 0.15) is 19.8 Å². The number of aromatic nitrogens is 3. The first-order valence-electron chi connectivity index (χ1n) is 5.61. The standard InChI is InChI=1S/C10H17N5O2/c1-10(17)2-4-14(5-3-10)8(16)6-15-7-12-9(11)13-15/h7,17H,2-6H2,1H3,(H2,11,13). The monoisotopic (exact) mass is 239 g/mol.